The third-order valence-corrected chi connectivity index (χ3v) is 2.66. The lowest BCUT2D eigenvalue weighted by atomic mass is 10.1. The van der Waals surface area contributed by atoms with Crippen LogP contribution in [0.1, 0.15) is 18.9 Å². The van der Waals surface area contributed by atoms with Crippen molar-refractivity contribution in [3.63, 3.8) is 0 Å². The Kier molecular flexibility index (Phi) is 5.28. The summed E-state index contributed by atoms with van der Waals surface area (Å²) in [7, 11) is 1.51. The van der Waals surface area contributed by atoms with E-state index in [1.807, 2.05) is 0 Å². The summed E-state index contributed by atoms with van der Waals surface area (Å²) in [5.74, 6) is 0.603. The van der Waals surface area contributed by atoms with Crippen LogP contribution in [0, 0.1) is 0 Å². The highest BCUT2D eigenvalue weighted by molar-refractivity contribution is 6.30. The number of alkyl halides is 3. The Morgan fingerprint density at radius 3 is 2.61 bits per heavy atom. The van der Waals surface area contributed by atoms with Crippen LogP contribution in [-0.2, 0) is 6.54 Å². The second-order valence-electron chi connectivity index (χ2n) is 4.06. The molecule has 1 rings (SSSR count). The highest BCUT2D eigenvalue weighted by atomic mass is 35.5. The van der Waals surface area contributed by atoms with Crippen LogP contribution in [0.3, 0.4) is 0 Å². The van der Waals surface area contributed by atoms with Crippen molar-refractivity contribution in [3.8, 4) is 5.75 Å². The summed E-state index contributed by atoms with van der Waals surface area (Å²) in [6, 6.07) is 4.37. The minimum atomic E-state index is -4.16. The molecule has 0 aromatic heterocycles. The lowest BCUT2D eigenvalue weighted by Gasteiger charge is -2.17. The minimum Gasteiger partial charge on any atom is -0.496 e. The zero-order chi connectivity index (χ0) is 13.8. The smallest absolute Gasteiger partial charge is 0.390 e. The molecule has 0 aliphatic rings. The lowest BCUT2D eigenvalue weighted by Crippen LogP contribution is -2.30. The molecule has 6 heteroatoms. The van der Waals surface area contributed by atoms with Gasteiger partial charge in [0.1, 0.15) is 5.75 Å². The molecule has 0 heterocycles. The number of ether oxygens (including phenoxy) is 1. The van der Waals surface area contributed by atoms with Crippen LogP contribution < -0.4 is 10.1 Å². The summed E-state index contributed by atoms with van der Waals surface area (Å²) in [5.41, 5.74) is 0.735. The molecule has 1 atom stereocenters. The van der Waals surface area contributed by atoms with Crippen molar-refractivity contribution in [1.82, 2.24) is 5.32 Å². The van der Waals surface area contributed by atoms with E-state index >= 15 is 0 Å². The lowest BCUT2D eigenvalue weighted by molar-refractivity contribution is -0.139. The van der Waals surface area contributed by atoms with E-state index in [4.69, 9.17) is 16.3 Å². The van der Waals surface area contributed by atoms with Gasteiger partial charge in [0.15, 0.2) is 0 Å². The Morgan fingerprint density at radius 2 is 2.06 bits per heavy atom. The normalized spacial score (nSPS) is 13.4. The first kappa shape index (κ1) is 15.1. The van der Waals surface area contributed by atoms with Crippen molar-refractivity contribution in [2.45, 2.75) is 32.1 Å². The molecule has 0 bridgehead atoms. The summed E-state index contributed by atoms with van der Waals surface area (Å²) in [6.07, 6.45) is -5.03. The van der Waals surface area contributed by atoms with Gasteiger partial charge in [-0.15, -0.1) is 0 Å². The Labute approximate surface area is 109 Å². The third-order valence-electron chi connectivity index (χ3n) is 2.42. The van der Waals surface area contributed by atoms with Crippen LogP contribution in [0.15, 0.2) is 18.2 Å². The molecule has 0 aliphatic carbocycles. The van der Waals surface area contributed by atoms with Gasteiger partial charge in [-0.2, -0.15) is 13.2 Å². The Morgan fingerprint density at radius 1 is 1.39 bits per heavy atom. The van der Waals surface area contributed by atoms with E-state index in [2.05, 4.69) is 5.32 Å². The molecule has 0 saturated heterocycles. The predicted octanol–water partition coefficient (Wildman–Crippen LogP) is 3.78. The molecule has 1 unspecified atom stereocenters. The molecule has 0 saturated carbocycles. The van der Waals surface area contributed by atoms with E-state index in [-0.39, 0.29) is 6.54 Å². The van der Waals surface area contributed by atoms with E-state index < -0.39 is 18.6 Å². The molecule has 0 aliphatic heterocycles. The molecule has 18 heavy (non-hydrogen) atoms. The SMILES string of the molecule is COc1ccc(Cl)cc1CNC(C)CC(F)(F)F. The zero-order valence-electron chi connectivity index (χ0n) is 10.1. The summed E-state index contributed by atoms with van der Waals surface area (Å²) in [5, 5.41) is 3.32. The molecule has 1 N–H and O–H groups in total. The molecule has 0 radical (unpaired) electrons. The second-order valence-corrected chi connectivity index (χ2v) is 4.49. The van der Waals surface area contributed by atoms with Crippen molar-refractivity contribution >= 4 is 11.6 Å². The number of rotatable bonds is 5. The highest BCUT2D eigenvalue weighted by Crippen LogP contribution is 2.24. The van der Waals surface area contributed by atoms with Gasteiger partial charge in [-0.1, -0.05) is 11.6 Å². The van der Waals surface area contributed by atoms with Gasteiger partial charge in [0.05, 0.1) is 13.5 Å². The molecule has 0 fully saturated rings. The largest absolute Gasteiger partial charge is 0.496 e. The van der Waals surface area contributed by atoms with E-state index in [1.54, 1.807) is 18.2 Å². The second kappa shape index (κ2) is 6.29. The zero-order valence-corrected chi connectivity index (χ0v) is 10.9. The monoisotopic (exact) mass is 281 g/mol. The van der Waals surface area contributed by atoms with Crippen LogP contribution in [0.5, 0.6) is 5.75 Å². The van der Waals surface area contributed by atoms with Crippen molar-refractivity contribution in [2.24, 2.45) is 0 Å². The maximum Gasteiger partial charge on any atom is 0.390 e. The van der Waals surface area contributed by atoms with Gasteiger partial charge in [-0.25, -0.2) is 0 Å². The first-order valence-electron chi connectivity index (χ1n) is 5.44. The average molecular weight is 282 g/mol. The molecule has 0 spiro atoms. The van der Waals surface area contributed by atoms with Gasteiger partial charge in [-0.05, 0) is 25.1 Å². The summed E-state index contributed by atoms with van der Waals surface area (Å²) < 4.78 is 41.6. The molecule has 1 aromatic rings. The average Bonchev–Trinajstić information content (AvgIpc) is 2.24. The summed E-state index contributed by atoms with van der Waals surface area (Å²) in [4.78, 5) is 0. The van der Waals surface area contributed by atoms with E-state index in [1.165, 1.54) is 14.0 Å². The van der Waals surface area contributed by atoms with Gasteiger partial charge in [-0.3, -0.25) is 0 Å². The topological polar surface area (TPSA) is 21.3 Å². The molecular formula is C12H15ClF3NO. The third kappa shape index (κ3) is 5.14. The van der Waals surface area contributed by atoms with Gasteiger partial charge in [0.2, 0.25) is 0 Å². The number of hydrogen-bond acceptors (Lipinski definition) is 2. The number of benzene rings is 1. The number of hydrogen-bond donors (Lipinski definition) is 1. The van der Waals surface area contributed by atoms with E-state index in [9.17, 15) is 13.2 Å². The van der Waals surface area contributed by atoms with Gasteiger partial charge >= 0.3 is 6.18 Å². The van der Waals surface area contributed by atoms with Crippen molar-refractivity contribution in [2.75, 3.05) is 7.11 Å². The first-order chi connectivity index (χ1) is 8.31. The molecule has 1 aromatic carbocycles. The van der Waals surface area contributed by atoms with E-state index in [0.29, 0.717) is 10.8 Å². The van der Waals surface area contributed by atoms with Crippen LogP contribution in [0.25, 0.3) is 0 Å². The Bertz CT molecular complexity index is 395. The predicted molar refractivity (Wildman–Crippen MR) is 65.0 cm³/mol. The number of methoxy groups -OCH3 is 1. The van der Waals surface area contributed by atoms with E-state index in [0.717, 1.165) is 5.56 Å². The summed E-state index contributed by atoms with van der Waals surface area (Å²) >= 11 is 5.83. The number of halogens is 4. The standard InChI is InChI=1S/C12H15ClF3NO/c1-8(6-12(14,15)16)17-7-9-5-10(13)3-4-11(9)18-2/h3-5,8,17H,6-7H2,1-2H3. The quantitative estimate of drug-likeness (QED) is 0.887. The van der Waals surface area contributed by atoms with Crippen molar-refractivity contribution in [1.29, 1.82) is 0 Å². The molecule has 0 amide bonds. The van der Waals surface area contributed by atoms with Crippen LogP contribution in [0.2, 0.25) is 5.02 Å². The minimum absolute atomic E-state index is 0.279. The highest BCUT2D eigenvalue weighted by Gasteiger charge is 2.29. The van der Waals surface area contributed by atoms with Crippen LogP contribution in [-0.4, -0.2) is 19.3 Å². The number of nitrogens with one attached hydrogen (secondary N) is 1. The fraction of sp³-hybridized carbons (Fsp3) is 0.500. The van der Waals surface area contributed by atoms with Crippen molar-refractivity contribution < 1.29 is 17.9 Å². The van der Waals surface area contributed by atoms with Gasteiger partial charge < -0.3 is 10.1 Å². The maximum atomic E-state index is 12.2. The Hall–Kier alpha value is -0.940. The maximum absolute atomic E-state index is 12.2. The van der Waals surface area contributed by atoms with Gasteiger partial charge in [0, 0.05) is 23.2 Å². The first-order valence-corrected chi connectivity index (χ1v) is 5.82. The molecule has 2 nitrogen and oxygen atoms in total. The van der Waals surface area contributed by atoms with Crippen LogP contribution in [0.4, 0.5) is 13.2 Å². The van der Waals surface area contributed by atoms with Crippen LogP contribution >= 0.6 is 11.6 Å². The molecular weight excluding hydrogens is 267 g/mol. The fourth-order valence-electron chi connectivity index (χ4n) is 1.59. The molecule has 102 valence electrons. The summed E-state index contributed by atoms with van der Waals surface area (Å²) in [6.45, 7) is 1.77. The Balaban J connectivity index is 2.60. The fourth-order valence-corrected chi connectivity index (χ4v) is 1.78. The van der Waals surface area contributed by atoms with Crippen molar-refractivity contribution in [3.05, 3.63) is 28.8 Å². The van der Waals surface area contributed by atoms with Gasteiger partial charge in [0.25, 0.3) is 0 Å².